The van der Waals surface area contributed by atoms with Gasteiger partial charge in [-0.3, -0.25) is 4.90 Å². The zero-order valence-corrected chi connectivity index (χ0v) is 20.2. The van der Waals surface area contributed by atoms with Gasteiger partial charge in [0.05, 0.1) is 20.8 Å². The number of benzene rings is 1. The van der Waals surface area contributed by atoms with Gasteiger partial charge in [-0.2, -0.15) is 0 Å². The summed E-state index contributed by atoms with van der Waals surface area (Å²) in [5.41, 5.74) is 7.52. The molecule has 7 heteroatoms. The van der Waals surface area contributed by atoms with Gasteiger partial charge in [0.2, 0.25) is 0 Å². The highest BCUT2D eigenvalue weighted by atomic mass is 127. The Kier molecular flexibility index (Phi) is 9.82. The summed E-state index contributed by atoms with van der Waals surface area (Å²) in [5.74, 6) is 1.96. The van der Waals surface area contributed by atoms with Crippen LogP contribution >= 0.6 is 24.0 Å². The molecule has 1 saturated carbocycles. The van der Waals surface area contributed by atoms with Gasteiger partial charge in [-0.05, 0) is 56.5 Å². The van der Waals surface area contributed by atoms with Crippen LogP contribution in [-0.4, -0.2) is 50.3 Å². The maximum absolute atomic E-state index is 6.22. The first-order valence-electron chi connectivity index (χ1n) is 10.7. The Morgan fingerprint density at radius 2 is 1.69 bits per heavy atom. The Labute approximate surface area is 192 Å². The van der Waals surface area contributed by atoms with Crippen molar-refractivity contribution in [3.8, 4) is 11.5 Å². The van der Waals surface area contributed by atoms with Crippen LogP contribution in [0.2, 0.25) is 0 Å². The van der Waals surface area contributed by atoms with Gasteiger partial charge in [-0.1, -0.05) is 31.7 Å². The molecular weight excluding hydrogens is 479 g/mol. The first kappa shape index (κ1) is 24.1. The number of nitrogens with two attached hydrogens (primary N) is 1. The van der Waals surface area contributed by atoms with Crippen molar-refractivity contribution in [2.45, 2.75) is 63.5 Å². The predicted octanol–water partition coefficient (Wildman–Crippen LogP) is 3.91. The number of rotatable bonds is 7. The Hall–Kier alpha value is -1.22. The number of nitrogens with one attached hydrogen (secondary N) is 1. The van der Waals surface area contributed by atoms with Crippen LogP contribution in [0.1, 0.15) is 56.9 Å². The Balaban J connectivity index is 0.00000300. The summed E-state index contributed by atoms with van der Waals surface area (Å²) in [5, 5.41) is 3.44. The largest absolute Gasteiger partial charge is 0.493 e. The van der Waals surface area contributed by atoms with Gasteiger partial charge in [-0.25, -0.2) is 4.99 Å². The van der Waals surface area contributed by atoms with Crippen molar-refractivity contribution in [1.29, 1.82) is 0 Å². The maximum Gasteiger partial charge on any atom is 0.188 e. The molecule has 0 bridgehead atoms. The topological polar surface area (TPSA) is 72.1 Å². The third-order valence-electron chi connectivity index (χ3n) is 6.29. The monoisotopic (exact) mass is 516 g/mol. The van der Waals surface area contributed by atoms with Gasteiger partial charge in [0.25, 0.3) is 0 Å². The van der Waals surface area contributed by atoms with Crippen LogP contribution in [0, 0.1) is 0 Å². The SMILES string of the molecule is COc1ccc(CN=C(N)NCC2(N3CCCCC3)CCCCC2)cc1OC.I. The summed E-state index contributed by atoms with van der Waals surface area (Å²) in [6.07, 6.45) is 10.6. The van der Waals surface area contributed by atoms with Crippen LogP contribution in [0.25, 0.3) is 0 Å². The second-order valence-corrected chi connectivity index (χ2v) is 8.08. The number of hydrogen-bond donors (Lipinski definition) is 2. The molecule has 0 unspecified atom stereocenters. The second kappa shape index (κ2) is 11.8. The standard InChI is InChI=1S/C22H36N4O2.HI/c1-27-19-10-9-18(15-20(19)28-2)16-24-21(23)25-17-22(11-5-3-6-12-22)26-13-7-4-8-14-26;/h9-10,15H,3-8,11-14,16-17H2,1-2H3,(H3,23,24,25);1H. The highest BCUT2D eigenvalue weighted by Crippen LogP contribution is 2.35. The van der Waals surface area contributed by atoms with Gasteiger partial charge in [-0.15, -0.1) is 24.0 Å². The van der Waals surface area contributed by atoms with Crippen LogP contribution in [0.3, 0.4) is 0 Å². The summed E-state index contributed by atoms with van der Waals surface area (Å²) < 4.78 is 10.7. The van der Waals surface area contributed by atoms with Crippen molar-refractivity contribution < 1.29 is 9.47 Å². The Morgan fingerprint density at radius 3 is 2.34 bits per heavy atom. The molecule has 1 aliphatic carbocycles. The van der Waals surface area contributed by atoms with Gasteiger partial charge in [0.15, 0.2) is 17.5 Å². The van der Waals surface area contributed by atoms with Gasteiger partial charge < -0.3 is 20.5 Å². The lowest BCUT2D eigenvalue weighted by Crippen LogP contribution is -2.58. The van der Waals surface area contributed by atoms with Crippen LogP contribution in [0.4, 0.5) is 0 Å². The van der Waals surface area contributed by atoms with Crippen LogP contribution in [-0.2, 0) is 6.54 Å². The number of methoxy groups -OCH3 is 2. The third kappa shape index (κ3) is 6.38. The zero-order valence-electron chi connectivity index (χ0n) is 17.9. The van der Waals surface area contributed by atoms with Crippen molar-refractivity contribution in [3.63, 3.8) is 0 Å². The molecule has 1 aromatic carbocycles. The number of aliphatic imine (C=N–C) groups is 1. The number of piperidine rings is 1. The fourth-order valence-corrected chi connectivity index (χ4v) is 4.65. The number of likely N-dealkylation sites (tertiary alicyclic amines) is 1. The smallest absolute Gasteiger partial charge is 0.188 e. The van der Waals surface area contributed by atoms with E-state index in [0.717, 1.165) is 17.9 Å². The molecule has 1 aromatic rings. The van der Waals surface area contributed by atoms with E-state index in [9.17, 15) is 0 Å². The average Bonchev–Trinajstić information content (AvgIpc) is 2.77. The van der Waals surface area contributed by atoms with E-state index in [-0.39, 0.29) is 29.5 Å². The van der Waals surface area contributed by atoms with E-state index < -0.39 is 0 Å². The van der Waals surface area contributed by atoms with E-state index in [2.05, 4.69) is 15.2 Å². The van der Waals surface area contributed by atoms with Crippen LogP contribution < -0.4 is 20.5 Å². The zero-order chi connectivity index (χ0) is 19.8. The van der Waals surface area contributed by atoms with Crippen molar-refractivity contribution in [1.82, 2.24) is 10.2 Å². The van der Waals surface area contributed by atoms with Crippen molar-refractivity contribution in [2.75, 3.05) is 33.9 Å². The number of guanidine groups is 1. The van der Waals surface area contributed by atoms with Crippen molar-refractivity contribution >= 4 is 29.9 Å². The van der Waals surface area contributed by atoms with Gasteiger partial charge >= 0.3 is 0 Å². The van der Waals surface area contributed by atoms with E-state index in [4.69, 9.17) is 15.2 Å². The fourth-order valence-electron chi connectivity index (χ4n) is 4.65. The number of hydrogen-bond acceptors (Lipinski definition) is 4. The normalized spacial score (nSPS) is 19.9. The number of nitrogens with zero attached hydrogens (tertiary/aromatic N) is 2. The molecule has 1 heterocycles. The molecule has 0 spiro atoms. The summed E-state index contributed by atoms with van der Waals surface area (Å²) >= 11 is 0. The molecule has 1 aliphatic heterocycles. The first-order valence-corrected chi connectivity index (χ1v) is 10.7. The molecule has 6 nitrogen and oxygen atoms in total. The fraction of sp³-hybridized carbons (Fsp3) is 0.682. The van der Waals surface area contributed by atoms with E-state index in [1.807, 2.05) is 18.2 Å². The Morgan fingerprint density at radius 1 is 1.03 bits per heavy atom. The number of ether oxygens (including phenoxy) is 2. The van der Waals surface area contributed by atoms with Gasteiger partial charge in [0.1, 0.15) is 0 Å². The quantitative estimate of drug-likeness (QED) is 0.327. The molecule has 0 aromatic heterocycles. The average molecular weight is 516 g/mol. The van der Waals surface area contributed by atoms with E-state index in [1.165, 1.54) is 64.5 Å². The minimum atomic E-state index is 0. The lowest BCUT2D eigenvalue weighted by molar-refractivity contribution is 0.0369. The van der Waals surface area contributed by atoms with Crippen molar-refractivity contribution in [2.24, 2.45) is 10.7 Å². The van der Waals surface area contributed by atoms with E-state index in [1.54, 1.807) is 14.2 Å². The lowest BCUT2D eigenvalue weighted by atomic mass is 9.79. The molecule has 2 aliphatic rings. The van der Waals surface area contributed by atoms with E-state index >= 15 is 0 Å². The summed E-state index contributed by atoms with van der Waals surface area (Å²) in [7, 11) is 3.28. The molecular formula is C22H37IN4O2. The molecule has 3 N–H and O–H groups in total. The second-order valence-electron chi connectivity index (χ2n) is 8.08. The summed E-state index contributed by atoms with van der Waals surface area (Å²) in [6.45, 7) is 3.87. The van der Waals surface area contributed by atoms with Gasteiger partial charge in [0, 0.05) is 12.1 Å². The molecule has 2 fully saturated rings. The minimum absolute atomic E-state index is 0. The summed E-state index contributed by atoms with van der Waals surface area (Å²) in [6, 6.07) is 5.85. The maximum atomic E-state index is 6.22. The predicted molar refractivity (Wildman–Crippen MR) is 130 cm³/mol. The number of halogens is 1. The van der Waals surface area contributed by atoms with E-state index in [0.29, 0.717) is 18.3 Å². The molecule has 29 heavy (non-hydrogen) atoms. The van der Waals surface area contributed by atoms with Crippen molar-refractivity contribution in [3.05, 3.63) is 23.8 Å². The molecule has 1 saturated heterocycles. The third-order valence-corrected chi connectivity index (χ3v) is 6.29. The molecule has 3 rings (SSSR count). The lowest BCUT2D eigenvalue weighted by Gasteiger charge is -2.48. The highest BCUT2D eigenvalue weighted by Gasteiger charge is 2.38. The first-order chi connectivity index (χ1) is 13.7. The molecule has 164 valence electrons. The van der Waals surface area contributed by atoms with Crippen LogP contribution in [0.15, 0.2) is 23.2 Å². The molecule has 0 amide bonds. The molecule has 0 atom stereocenters. The highest BCUT2D eigenvalue weighted by molar-refractivity contribution is 14.0. The Bertz CT molecular complexity index is 656. The summed E-state index contributed by atoms with van der Waals surface area (Å²) in [4.78, 5) is 7.28. The minimum Gasteiger partial charge on any atom is -0.493 e. The molecule has 0 radical (unpaired) electrons. The van der Waals surface area contributed by atoms with Crippen LogP contribution in [0.5, 0.6) is 11.5 Å².